The number of aromatic nitrogens is 1. The minimum atomic E-state index is -3.92. The predicted octanol–water partition coefficient (Wildman–Crippen LogP) is 2.85. The Labute approximate surface area is 143 Å². The number of nitriles is 1. The summed E-state index contributed by atoms with van der Waals surface area (Å²) in [5, 5.41) is 18.0. The van der Waals surface area contributed by atoms with E-state index < -0.39 is 9.84 Å². The topological polar surface area (TPSA) is 86.2 Å². The molecule has 0 atom stereocenters. The number of rotatable bonds is 3. The van der Waals surface area contributed by atoms with Crippen LogP contribution in [0.3, 0.4) is 0 Å². The molecule has 0 aliphatic heterocycles. The third-order valence-electron chi connectivity index (χ3n) is 3.64. The van der Waals surface area contributed by atoms with Crippen molar-refractivity contribution in [1.82, 2.24) is 4.40 Å². The fourth-order valence-corrected chi connectivity index (χ4v) is 5.22. The molecule has 0 aliphatic rings. The van der Waals surface area contributed by atoms with Crippen LogP contribution < -0.4 is 5.49 Å². The van der Waals surface area contributed by atoms with E-state index in [-0.39, 0.29) is 20.8 Å². The van der Waals surface area contributed by atoms with Gasteiger partial charge >= 0.3 is 0 Å². The fourth-order valence-electron chi connectivity index (χ4n) is 2.56. The molecule has 0 spiro atoms. The van der Waals surface area contributed by atoms with E-state index in [0.717, 1.165) is 11.8 Å². The standard InChI is InChI=1S/C17H13N3O2S2/c1-23-15-13(11-18)14-9-5-6-10-20(14)17(19)16(15)24(21,22)12-7-3-2-4-8-12/h2-10,19H,1H3. The van der Waals surface area contributed by atoms with Crippen LogP contribution in [0.2, 0.25) is 0 Å². The molecule has 0 bridgehead atoms. The molecule has 120 valence electrons. The molecule has 7 heteroatoms. The highest BCUT2D eigenvalue weighted by Crippen LogP contribution is 2.31. The van der Waals surface area contributed by atoms with Crippen LogP contribution in [0.1, 0.15) is 5.56 Å². The molecule has 2 heterocycles. The zero-order chi connectivity index (χ0) is 17.3. The molecule has 24 heavy (non-hydrogen) atoms. The fraction of sp³-hybridized carbons (Fsp3) is 0.0588. The van der Waals surface area contributed by atoms with E-state index in [1.807, 2.05) is 0 Å². The first-order valence-electron chi connectivity index (χ1n) is 6.98. The molecule has 2 aromatic heterocycles. The molecule has 1 aromatic carbocycles. The highest BCUT2D eigenvalue weighted by Gasteiger charge is 2.27. The smallest absolute Gasteiger partial charge is 0.211 e. The van der Waals surface area contributed by atoms with Crippen molar-refractivity contribution < 1.29 is 8.42 Å². The van der Waals surface area contributed by atoms with Gasteiger partial charge in [0.15, 0.2) is 0 Å². The summed E-state index contributed by atoms with van der Waals surface area (Å²) in [5.74, 6) is 0. The molecule has 0 radical (unpaired) electrons. The van der Waals surface area contributed by atoms with Crippen molar-refractivity contribution in [1.29, 1.82) is 10.7 Å². The van der Waals surface area contributed by atoms with E-state index in [2.05, 4.69) is 6.07 Å². The first-order chi connectivity index (χ1) is 11.5. The van der Waals surface area contributed by atoms with Crippen LogP contribution in [0.25, 0.3) is 5.52 Å². The van der Waals surface area contributed by atoms with Crippen LogP contribution in [-0.4, -0.2) is 19.1 Å². The number of fused-ring (bicyclic) bond motifs is 1. The lowest BCUT2D eigenvalue weighted by atomic mass is 10.2. The lowest BCUT2D eigenvalue weighted by molar-refractivity contribution is 0.590. The number of thioether (sulfide) groups is 1. The molecule has 0 amide bonds. The molecule has 0 unspecified atom stereocenters. The van der Waals surface area contributed by atoms with Crippen LogP contribution in [0.15, 0.2) is 69.4 Å². The van der Waals surface area contributed by atoms with Gasteiger partial charge in [-0.1, -0.05) is 24.3 Å². The monoisotopic (exact) mass is 355 g/mol. The van der Waals surface area contributed by atoms with Gasteiger partial charge < -0.3 is 0 Å². The molecule has 3 rings (SSSR count). The van der Waals surface area contributed by atoms with Gasteiger partial charge in [-0.05, 0) is 30.5 Å². The molecule has 3 aromatic rings. The summed E-state index contributed by atoms with van der Waals surface area (Å²) in [4.78, 5) is 0.271. The average Bonchev–Trinajstić information content (AvgIpc) is 2.62. The van der Waals surface area contributed by atoms with E-state index in [9.17, 15) is 13.7 Å². The Morgan fingerprint density at radius 3 is 2.42 bits per heavy atom. The van der Waals surface area contributed by atoms with Gasteiger partial charge in [0.25, 0.3) is 0 Å². The third kappa shape index (κ3) is 2.40. The second-order valence-electron chi connectivity index (χ2n) is 4.97. The SMILES string of the molecule is CSc1c(S(=O)(=O)c2ccccc2)c(=N)n2ccccc2c1C#N. The lowest BCUT2D eigenvalue weighted by Crippen LogP contribution is -2.24. The third-order valence-corrected chi connectivity index (χ3v) is 6.42. The summed E-state index contributed by atoms with van der Waals surface area (Å²) in [6.45, 7) is 0. The molecule has 0 aliphatic carbocycles. The Morgan fingerprint density at radius 1 is 1.12 bits per heavy atom. The molecule has 0 saturated heterocycles. The molecule has 0 fully saturated rings. The second-order valence-corrected chi connectivity index (χ2v) is 7.67. The van der Waals surface area contributed by atoms with Crippen molar-refractivity contribution in [3.8, 4) is 6.07 Å². The summed E-state index contributed by atoms with van der Waals surface area (Å²) in [6.07, 6.45) is 3.30. The van der Waals surface area contributed by atoms with Crippen LogP contribution in [0.5, 0.6) is 0 Å². The zero-order valence-corrected chi connectivity index (χ0v) is 14.4. The Hall–Kier alpha value is -2.56. The summed E-state index contributed by atoms with van der Waals surface area (Å²) in [7, 11) is -3.92. The van der Waals surface area contributed by atoms with Gasteiger partial charge in [0.1, 0.15) is 16.5 Å². The number of pyridine rings is 2. The summed E-state index contributed by atoms with van der Waals surface area (Å²) < 4.78 is 27.6. The van der Waals surface area contributed by atoms with Crippen LogP contribution in [0.4, 0.5) is 0 Å². The molecular weight excluding hydrogens is 342 g/mol. The number of benzene rings is 1. The number of nitrogens with one attached hydrogen (secondary N) is 1. The average molecular weight is 355 g/mol. The van der Waals surface area contributed by atoms with E-state index in [1.165, 1.54) is 16.5 Å². The maximum atomic E-state index is 13.1. The van der Waals surface area contributed by atoms with Crippen molar-refractivity contribution >= 4 is 27.1 Å². The van der Waals surface area contributed by atoms with Crippen molar-refractivity contribution in [3.63, 3.8) is 0 Å². The van der Waals surface area contributed by atoms with Crippen molar-refractivity contribution in [2.45, 2.75) is 14.7 Å². The van der Waals surface area contributed by atoms with Gasteiger partial charge in [-0.25, -0.2) is 8.42 Å². The Balaban J connectivity index is 2.52. The Kier molecular flexibility index (Phi) is 4.18. The highest BCUT2D eigenvalue weighted by molar-refractivity contribution is 7.99. The summed E-state index contributed by atoms with van der Waals surface area (Å²) in [6, 6.07) is 15.2. The summed E-state index contributed by atoms with van der Waals surface area (Å²) in [5.41, 5.74) is 0.618. The number of sulfone groups is 1. The maximum Gasteiger partial charge on any atom is 0.211 e. The van der Waals surface area contributed by atoms with E-state index >= 15 is 0 Å². The van der Waals surface area contributed by atoms with E-state index in [4.69, 9.17) is 5.41 Å². The normalized spacial score (nSPS) is 11.3. The zero-order valence-electron chi connectivity index (χ0n) is 12.7. The maximum absolute atomic E-state index is 13.1. The summed E-state index contributed by atoms with van der Waals surface area (Å²) >= 11 is 1.16. The van der Waals surface area contributed by atoms with Crippen LogP contribution in [-0.2, 0) is 9.84 Å². The van der Waals surface area contributed by atoms with Crippen molar-refractivity contribution in [3.05, 3.63) is 65.8 Å². The number of nitrogens with zero attached hydrogens (tertiary/aromatic N) is 2. The Morgan fingerprint density at radius 2 is 1.79 bits per heavy atom. The minimum absolute atomic E-state index is 0.105. The van der Waals surface area contributed by atoms with E-state index in [0.29, 0.717) is 10.4 Å². The van der Waals surface area contributed by atoms with Gasteiger partial charge in [0, 0.05) is 11.1 Å². The van der Waals surface area contributed by atoms with Gasteiger partial charge in [-0.3, -0.25) is 9.81 Å². The lowest BCUT2D eigenvalue weighted by Gasteiger charge is -2.14. The predicted molar refractivity (Wildman–Crippen MR) is 91.6 cm³/mol. The molecule has 0 saturated carbocycles. The largest absolute Gasteiger partial charge is 0.300 e. The van der Waals surface area contributed by atoms with Gasteiger partial charge in [0.05, 0.1) is 16.0 Å². The van der Waals surface area contributed by atoms with Gasteiger partial charge in [0.2, 0.25) is 9.84 Å². The molecule has 1 N–H and O–H groups in total. The molecular formula is C17H13N3O2S2. The van der Waals surface area contributed by atoms with Crippen molar-refractivity contribution in [2.24, 2.45) is 0 Å². The highest BCUT2D eigenvalue weighted by atomic mass is 32.2. The van der Waals surface area contributed by atoms with Crippen molar-refractivity contribution in [2.75, 3.05) is 6.26 Å². The Bertz CT molecular complexity index is 1130. The van der Waals surface area contributed by atoms with Gasteiger partial charge in [-0.15, -0.1) is 11.8 Å². The number of hydrogen-bond acceptors (Lipinski definition) is 5. The second kappa shape index (κ2) is 6.15. The number of hydrogen-bond donors (Lipinski definition) is 1. The van der Waals surface area contributed by atoms with Crippen LogP contribution in [0, 0.1) is 16.7 Å². The van der Waals surface area contributed by atoms with Crippen LogP contribution >= 0.6 is 11.8 Å². The first-order valence-corrected chi connectivity index (χ1v) is 9.69. The quantitative estimate of drug-likeness (QED) is 0.732. The van der Waals surface area contributed by atoms with Gasteiger partial charge in [-0.2, -0.15) is 5.26 Å². The first kappa shape index (κ1) is 16.3. The molecule has 5 nitrogen and oxygen atoms in total. The minimum Gasteiger partial charge on any atom is -0.300 e. The van der Waals surface area contributed by atoms with E-state index in [1.54, 1.807) is 48.9 Å².